The van der Waals surface area contributed by atoms with Gasteiger partial charge in [0.1, 0.15) is 22.7 Å². The molecule has 156 valence electrons. The number of halogens is 5. The van der Waals surface area contributed by atoms with Gasteiger partial charge in [-0.05, 0) is 42.5 Å². The molecule has 1 saturated carbocycles. The van der Waals surface area contributed by atoms with Crippen LogP contribution in [-0.4, -0.2) is 30.7 Å². The van der Waals surface area contributed by atoms with Gasteiger partial charge in [-0.3, -0.25) is 4.40 Å². The van der Waals surface area contributed by atoms with Crippen molar-refractivity contribution in [3.8, 4) is 11.6 Å². The Morgan fingerprint density at radius 1 is 1.03 bits per heavy atom. The molecule has 1 fully saturated rings. The van der Waals surface area contributed by atoms with E-state index in [1.165, 1.54) is 10.6 Å². The molecule has 0 amide bonds. The summed E-state index contributed by atoms with van der Waals surface area (Å²) in [5.41, 5.74) is -0.310. The van der Waals surface area contributed by atoms with Crippen LogP contribution >= 0.6 is 0 Å². The van der Waals surface area contributed by atoms with Crippen LogP contribution < -0.4 is 0 Å². The summed E-state index contributed by atoms with van der Waals surface area (Å²) in [6, 6.07) is 4.23. The smallest absolute Gasteiger partial charge is 0.422 e. The molecule has 0 aromatic carbocycles. The summed E-state index contributed by atoms with van der Waals surface area (Å²) in [4.78, 5) is 8.04. The maximum Gasteiger partial charge on any atom is 0.459 e. The minimum Gasteiger partial charge on any atom is -0.422 e. The number of imidazole rings is 1. The first kappa shape index (κ1) is 18.9. The van der Waals surface area contributed by atoms with E-state index in [1.54, 1.807) is 12.1 Å². The van der Waals surface area contributed by atoms with Crippen molar-refractivity contribution in [2.45, 2.75) is 43.7 Å². The summed E-state index contributed by atoms with van der Waals surface area (Å²) in [6.07, 6.45) is 0.0410. The Labute approximate surface area is 165 Å². The highest BCUT2D eigenvalue weighted by Crippen LogP contribution is 2.46. The molecule has 4 heterocycles. The Bertz CT molecular complexity index is 1230. The fourth-order valence-electron chi connectivity index (χ4n) is 4.02. The first-order valence-corrected chi connectivity index (χ1v) is 9.30. The lowest BCUT2D eigenvalue weighted by Crippen LogP contribution is -2.34. The molecule has 11 heteroatoms. The molecule has 30 heavy (non-hydrogen) atoms. The van der Waals surface area contributed by atoms with Gasteiger partial charge in [0.2, 0.25) is 6.39 Å². The molecular weight excluding hydrogens is 409 g/mol. The van der Waals surface area contributed by atoms with E-state index in [0.29, 0.717) is 16.6 Å². The van der Waals surface area contributed by atoms with Crippen LogP contribution in [0.2, 0.25) is 0 Å². The van der Waals surface area contributed by atoms with E-state index in [4.69, 9.17) is 4.42 Å². The van der Waals surface area contributed by atoms with Crippen molar-refractivity contribution < 1.29 is 26.4 Å². The summed E-state index contributed by atoms with van der Waals surface area (Å²) in [6.45, 7) is 0. The van der Waals surface area contributed by atoms with Gasteiger partial charge in [0.15, 0.2) is 0 Å². The molecule has 0 spiro atoms. The third kappa shape index (κ3) is 2.83. The molecule has 0 radical (unpaired) electrons. The highest BCUT2D eigenvalue weighted by molar-refractivity contribution is 5.83. The SMILES string of the molecule is FC(F)(F)C(F)(F)c1cc(C2CCCC2)c2ccc3nc(-c4nnco4)cn3c2n1. The monoisotopic (exact) mass is 423 g/mol. The average molecular weight is 423 g/mol. The fraction of sp³-hybridized carbons (Fsp3) is 0.368. The summed E-state index contributed by atoms with van der Waals surface area (Å²) >= 11 is 0. The number of nitrogens with zero attached hydrogens (tertiary/aromatic N) is 5. The standard InChI is InChI=1S/C19H14F5N5O/c20-18(21,19(22,23)24)14-7-12(10-3-1-2-4-10)11-5-6-15-26-13(17-28-25-9-30-17)8-29(15)16(11)27-14/h5-10H,1-4H2. The van der Waals surface area contributed by atoms with E-state index in [9.17, 15) is 22.0 Å². The van der Waals surface area contributed by atoms with Crippen LogP contribution in [0.1, 0.15) is 42.9 Å². The van der Waals surface area contributed by atoms with Crippen molar-refractivity contribution in [1.29, 1.82) is 0 Å². The van der Waals surface area contributed by atoms with E-state index in [2.05, 4.69) is 20.2 Å². The van der Waals surface area contributed by atoms with E-state index in [-0.39, 0.29) is 23.1 Å². The van der Waals surface area contributed by atoms with Crippen molar-refractivity contribution in [2.75, 3.05) is 0 Å². The van der Waals surface area contributed by atoms with Gasteiger partial charge in [-0.25, -0.2) is 9.97 Å². The molecule has 1 aliphatic rings. The molecule has 0 atom stereocenters. The van der Waals surface area contributed by atoms with Gasteiger partial charge in [0.05, 0.1) is 0 Å². The summed E-state index contributed by atoms with van der Waals surface area (Å²) in [5, 5.41) is 7.83. The van der Waals surface area contributed by atoms with Crippen LogP contribution in [0.3, 0.4) is 0 Å². The molecular formula is C19H14F5N5O. The van der Waals surface area contributed by atoms with Crippen LogP contribution in [0.25, 0.3) is 28.3 Å². The lowest BCUT2D eigenvalue weighted by atomic mass is 9.93. The minimum absolute atomic E-state index is 0.0194. The Morgan fingerprint density at radius 3 is 2.47 bits per heavy atom. The largest absolute Gasteiger partial charge is 0.459 e. The van der Waals surface area contributed by atoms with Crippen LogP contribution in [0.4, 0.5) is 22.0 Å². The third-order valence-corrected chi connectivity index (χ3v) is 5.48. The second-order valence-electron chi connectivity index (χ2n) is 7.32. The Kier molecular flexibility index (Phi) is 4.06. The fourth-order valence-corrected chi connectivity index (χ4v) is 4.02. The van der Waals surface area contributed by atoms with Crippen LogP contribution in [0, 0.1) is 0 Å². The van der Waals surface area contributed by atoms with Gasteiger partial charge in [0, 0.05) is 11.6 Å². The lowest BCUT2D eigenvalue weighted by molar-refractivity contribution is -0.290. The zero-order chi connectivity index (χ0) is 21.1. The van der Waals surface area contributed by atoms with Crippen LogP contribution in [0.15, 0.2) is 35.2 Å². The van der Waals surface area contributed by atoms with Gasteiger partial charge in [-0.1, -0.05) is 12.8 Å². The zero-order valence-corrected chi connectivity index (χ0v) is 15.3. The van der Waals surface area contributed by atoms with E-state index in [0.717, 1.165) is 38.1 Å². The number of fused-ring (bicyclic) bond motifs is 3. The second-order valence-corrected chi connectivity index (χ2v) is 7.32. The summed E-state index contributed by atoms with van der Waals surface area (Å²) in [5.74, 6) is -5.08. The van der Waals surface area contributed by atoms with Crippen molar-refractivity contribution in [3.05, 3.63) is 42.0 Å². The molecule has 1 aliphatic carbocycles. The molecule has 4 aromatic rings. The normalized spacial score (nSPS) is 16.2. The average Bonchev–Trinajstić information content (AvgIpc) is 3.47. The first-order chi connectivity index (χ1) is 14.3. The molecule has 0 bridgehead atoms. The molecule has 6 nitrogen and oxygen atoms in total. The highest BCUT2D eigenvalue weighted by Gasteiger charge is 2.60. The molecule has 0 unspecified atom stereocenters. The maximum absolute atomic E-state index is 14.2. The summed E-state index contributed by atoms with van der Waals surface area (Å²) < 4.78 is 74.2. The number of rotatable bonds is 3. The maximum atomic E-state index is 14.2. The predicted molar refractivity (Wildman–Crippen MR) is 94.9 cm³/mol. The molecule has 4 aromatic heterocycles. The van der Waals surface area contributed by atoms with Crippen molar-refractivity contribution in [1.82, 2.24) is 24.6 Å². The van der Waals surface area contributed by atoms with Crippen molar-refractivity contribution in [2.24, 2.45) is 0 Å². The van der Waals surface area contributed by atoms with E-state index in [1.807, 2.05) is 0 Å². The van der Waals surface area contributed by atoms with Crippen LogP contribution in [0.5, 0.6) is 0 Å². The number of hydrogen-bond acceptors (Lipinski definition) is 5. The van der Waals surface area contributed by atoms with Gasteiger partial charge < -0.3 is 4.42 Å². The molecule has 0 saturated heterocycles. The Morgan fingerprint density at radius 2 is 1.80 bits per heavy atom. The zero-order valence-electron chi connectivity index (χ0n) is 15.3. The lowest BCUT2D eigenvalue weighted by Gasteiger charge is -2.22. The van der Waals surface area contributed by atoms with Crippen molar-refractivity contribution in [3.63, 3.8) is 0 Å². The third-order valence-electron chi connectivity index (χ3n) is 5.48. The molecule has 5 rings (SSSR count). The minimum atomic E-state index is -5.75. The topological polar surface area (TPSA) is 69.1 Å². The van der Waals surface area contributed by atoms with E-state index < -0.39 is 17.8 Å². The van der Waals surface area contributed by atoms with Gasteiger partial charge in [-0.2, -0.15) is 22.0 Å². The molecule has 0 N–H and O–H groups in total. The highest BCUT2D eigenvalue weighted by atomic mass is 19.4. The van der Waals surface area contributed by atoms with Crippen molar-refractivity contribution >= 4 is 16.7 Å². The second kappa shape index (κ2) is 6.44. The van der Waals surface area contributed by atoms with Gasteiger partial charge >= 0.3 is 12.1 Å². The molecule has 0 aliphatic heterocycles. The van der Waals surface area contributed by atoms with Gasteiger partial charge in [0.25, 0.3) is 5.89 Å². The van der Waals surface area contributed by atoms with Crippen LogP contribution in [-0.2, 0) is 5.92 Å². The number of pyridine rings is 2. The Hall–Kier alpha value is -3.11. The first-order valence-electron chi connectivity index (χ1n) is 9.30. The van der Waals surface area contributed by atoms with Gasteiger partial charge in [-0.15, -0.1) is 10.2 Å². The summed E-state index contributed by atoms with van der Waals surface area (Å²) in [7, 11) is 0. The quantitative estimate of drug-likeness (QED) is 0.422. The van der Waals surface area contributed by atoms with E-state index >= 15 is 0 Å². The number of alkyl halides is 5. The predicted octanol–water partition coefficient (Wildman–Crippen LogP) is 5.24. The number of hydrogen-bond donors (Lipinski definition) is 0. The Balaban J connectivity index is 1.80. The number of aromatic nitrogens is 5.